The van der Waals surface area contributed by atoms with Crippen LogP contribution < -0.4 is 9.64 Å². The predicted octanol–water partition coefficient (Wildman–Crippen LogP) is 6.70. The normalized spacial score (nSPS) is 21.7. The van der Waals surface area contributed by atoms with E-state index >= 15 is 8.78 Å². The number of rotatable bonds is 4. The quantitative estimate of drug-likeness (QED) is 0.263. The molecular weight excluding hydrogens is 565 g/mol. The third-order valence-electron chi connectivity index (χ3n) is 9.33. The van der Waals surface area contributed by atoms with Crippen molar-refractivity contribution in [3.63, 3.8) is 0 Å². The van der Waals surface area contributed by atoms with Crippen LogP contribution in [-0.2, 0) is 0 Å². The number of piperidine rings is 1. The van der Waals surface area contributed by atoms with E-state index in [1.54, 1.807) is 12.1 Å². The maximum atomic E-state index is 16.1. The molecule has 3 aliphatic heterocycles. The molecule has 4 heterocycles. The van der Waals surface area contributed by atoms with Crippen molar-refractivity contribution in [2.24, 2.45) is 5.92 Å². The van der Waals surface area contributed by atoms with E-state index < -0.39 is 17.5 Å². The molecule has 0 aliphatic carbocycles. The summed E-state index contributed by atoms with van der Waals surface area (Å²) in [7, 11) is 1.40. The van der Waals surface area contributed by atoms with Crippen LogP contribution in [0.1, 0.15) is 51.0 Å². The first-order valence-electron chi connectivity index (χ1n) is 15.4. The van der Waals surface area contributed by atoms with Crippen molar-refractivity contribution >= 4 is 27.5 Å². The summed E-state index contributed by atoms with van der Waals surface area (Å²) in [5.74, 6) is 0.881. The maximum Gasteiger partial charge on any atom is 0.318 e. The van der Waals surface area contributed by atoms with Gasteiger partial charge in [-0.15, -0.1) is 6.42 Å². The van der Waals surface area contributed by atoms with Gasteiger partial charge in [0.05, 0.1) is 24.8 Å². The highest BCUT2D eigenvalue weighted by atomic mass is 19.1. The Balaban J connectivity index is 0.000000289. The number of halogens is 3. The fourth-order valence-electron chi connectivity index (χ4n) is 7.22. The van der Waals surface area contributed by atoms with Crippen molar-refractivity contribution in [2.45, 2.75) is 57.5 Å². The van der Waals surface area contributed by atoms with Gasteiger partial charge in [-0.25, -0.2) is 13.2 Å². The van der Waals surface area contributed by atoms with E-state index in [0.717, 1.165) is 25.4 Å². The number of nitrogens with zero attached hydrogens (tertiary/aromatic N) is 4. The monoisotopic (exact) mass is 602 g/mol. The number of benzene rings is 3. The van der Waals surface area contributed by atoms with E-state index in [1.165, 1.54) is 63.6 Å². The number of aliphatic hydroxyl groups excluding tert-OH is 1. The molecule has 3 aliphatic rings. The van der Waals surface area contributed by atoms with E-state index in [9.17, 15) is 4.39 Å². The average Bonchev–Trinajstić information content (AvgIpc) is 3.66. The summed E-state index contributed by atoms with van der Waals surface area (Å²) >= 11 is 0. The lowest BCUT2D eigenvalue weighted by atomic mass is 9.93. The Hall–Kier alpha value is -3.87. The molecule has 0 spiro atoms. The molecule has 1 aromatic heterocycles. The van der Waals surface area contributed by atoms with Gasteiger partial charge in [-0.05, 0) is 74.1 Å². The number of fused-ring (bicyclic) bond motifs is 3. The van der Waals surface area contributed by atoms with Crippen LogP contribution in [0.5, 0.6) is 6.01 Å². The second kappa shape index (κ2) is 12.6. The number of hydrogen-bond donors (Lipinski definition) is 1. The first kappa shape index (κ1) is 30.2. The predicted molar refractivity (Wildman–Crippen MR) is 167 cm³/mol. The summed E-state index contributed by atoms with van der Waals surface area (Å²) in [6, 6.07) is 10.3. The highest BCUT2D eigenvalue weighted by Gasteiger charge is 2.35. The van der Waals surface area contributed by atoms with Gasteiger partial charge in [0.1, 0.15) is 23.0 Å². The van der Waals surface area contributed by atoms with E-state index in [4.69, 9.17) is 16.3 Å². The Bertz CT molecular complexity index is 1740. The number of methoxy groups -OCH3 is 1. The highest BCUT2D eigenvalue weighted by Crippen LogP contribution is 2.40. The van der Waals surface area contributed by atoms with Gasteiger partial charge in [0.15, 0.2) is 5.82 Å². The summed E-state index contributed by atoms with van der Waals surface area (Å²) in [6.45, 7) is 5.17. The van der Waals surface area contributed by atoms with E-state index in [2.05, 4.69) is 27.7 Å². The fraction of sp³-hybridized carbons (Fsp3) is 0.429. The Morgan fingerprint density at radius 2 is 1.84 bits per heavy atom. The Kier molecular flexibility index (Phi) is 8.66. The summed E-state index contributed by atoms with van der Waals surface area (Å²) in [6.07, 6.45) is 12.9. The summed E-state index contributed by atoms with van der Waals surface area (Å²) in [5, 5.41) is 10.1. The number of ether oxygens (including phenoxy) is 1. The van der Waals surface area contributed by atoms with Gasteiger partial charge in [0, 0.05) is 35.9 Å². The number of aliphatic hydroxyl groups is 1. The number of hydrogen-bond acceptors (Lipinski definition) is 6. The molecule has 0 amide bonds. The van der Waals surface area contributed by atoms with Gasteiger partial charge in [0.25, 0.3) is 0 Å². The first-order chi connectivity index (χ1) is 21.3. The number of terminal acetylenes is 1. The van der Waals surface area contributed by atoms with Crippen LogP contribution in [0.15, 0.2) is 36.4 Å². The van der Waals surface area contributed by atoms with Gasteiger partial charge in [-0.3, -0.25) is 4.90 Å². The molecule has 3 aromatic carbocycles. The Morgan fingerprint density at radius 3 is 2.59 bits per heavy atom. The van der Waals surface area contributed by atoms with Crippen LogP contribution in [0.4, 0.5) is 19.0 Å². The summed E-state index contributed by atoms with van der Waals surface area (Å²) < 4.78 is 51.5. The van der Waals surface area contributed by atoms with E-state index in [-0.39, 0.29) is 39.0 Å². The zero-order valence-electron chi connectivity index (χ0n) is 25.1. The van der Waals surface area contributed by atoms with Gasteiger partial charge in [0.2, 0.25) is 0 Å². The van der Waals surface area contributed by atoms with Crippen LogP contribution in [0.3, 0.4) is 0 Å². The highest BCUT2D eigenvalue weighted by molar-refractivity contribution is 6.03. The van der Waals surface area contributed by atoms with Crippen molar-refractivity contribution in [3.05, 3.63) is 59.4 Å². The maximum absolute atomic E-state index is 16.1. The standard InChI is InChI=1S/C27H22F3N3O.C8H15NO/c1-4-17-20(28)11-10-16-8-5-9-18(22(16)17)23-21(29)13-19-25(24(23)30)31-27(34-3)32-26(19)33-12-6-7-15(2)14-33;10-6-8-4-3-7-2-1-5-9(7)8/h1,5,8-11,13,15H,6-7,12,14H2,2-3H3;7-8,10H,1-6H2/t;7?,8-/m.0/s1. The second-order valence-electron chi connectivity index (χ2n) is 12.1. The molecule has 6 nitrogen and oxygen atoms in total. The molecule has 2 unspecified atom stereocenters. The molecule has 3 atom stereocenters. The third-order valence-corrected chi connectivity index (χ3v) is 9.33. The van der Waals surface area contributed by atoms with Crippen LogP contribution in [0, 0.1) is 35.7 Å². The molecule has 1 N–H and O–H groups in total. The molecule has 4 aromatic rings. The first-order valence-corrected chi connectivity index (χ1v) is 15.4. The molecule has 9 heteroatoms. The summed E-state index contributed by atoms with van der Waals surface area (Å²) in [4.78, 5) is 13.2. The lowest BCUT2D eigenvalue weighted by molar-refractivity contribution is 0.155. The zero-order chi connectivity index (χ0) is 31.0. The molecular formula is C35H37F3N4O2. The van der Waals surface area contributed by atoms with Crippen molar-refractivity contribution < 1.29 is 23.0 Å². The molecule has 3 saturated heterocycles. The van der Waals surface area contributed by atoms with E-state index in [0.29, 0.717) is 36.3 Å². The molecule has 44 heavy (non-hydrogen) atoms. The topological polar surface area (TPSA) is 61.7 Å². The molecule has 0 saturated carbocycles. The minimum absolute atomic E-state index is 0.00883. The molecule has 3 fully saturated rings. The number of aromatic nitrogens is 2. The van der Waals surface area contributed by atoms with Crippen LogP contribution in [0.2, 0.25) is 0 Å². The number of anilines is 1. The van der Waals surface area contributed by atoms with Gasteiger partial charge in [-0.1, -0.05) is 37.1 Å². The van der Waals surface area contributed by atoms with Crippen molar-refractivity contribution in [3.8, 4) is 29.5 Å². The van der Waals surface area contributed by atoms with Crippen molar-refractivity contribution in [2.75, 3.05) is 38.3 Å². The lowest BCUT2D eigenvalue weighted by Gasteiger charge is -2.32. The van der Waals surface area contributed by atoms with Crippen LogP contribution in [0.25, 0.3) is 32.8 Å². The molecule has 230 valence electrons. The van der Waals surface area contributed by atoms with Gasteiger partial charge >= 0.3 is 6.01 Å². The van der Waals surface area contributed by atoms with Crippen molar-refractivity contribution in [1.29, 1.82) is 0 Å². The third kappa shape index (κ3) is 5.46. The van der Waals surface area contributed by atoms with Crippen LogP contribution in [-0.4, -0.2) is 65.4 Å². The Labute approximate surface area is 255 Å². The van der Waals surface area contributed by atoms with Crippen molar-refractivity contribution in [1.82, 2.24) is 14.9 Å². The minimum Gasteiger partial charge on any atom is -0.467 e. The molecule has 0 bridgehead atoms. The fourth-order valence-corrected chi connectivity index (χ4v) is 7.22. The SMILES string of the molecule is C#Cc1c(F)ccc2cccc(-c3c(F)cc4c(N5CCCC(C)C5)nc(OC)nc4c3F)c12.OC[C@@H]1CCC2CCCN21. The average molecular weight is 603 g/mol. The lowest BCUT2D eigenvalue weighted by Crippen LogP contribution is -2.35. The van der Waals surface area contributed by atoms with Crippen LogP contribution >= 0.6 is 0 Å². The summed E-state index contributed by atoms with van der Waals surface area (Å²) in [5.41, 5.74) is -0.270. The smallest absolute Gasteiger partial charge is 0.318 e. The molecule has 7 rings (SSSR count). The second-order valence-corrected chi connectivity index (χ2v) is 12.1. The van der Waals surface area contributed by atoms with Gasteiger partial charge in [-0.2, -0.15) is 9.97 Å². The van der Waals surface area contributed by atoms with E-state index in [1.807, 2.05) is 4.90 Å². The minimum atomic E-state index is -0.873. The molecule has 0 radical (unpaired) electrons. The zero-order valence-corrected chi connectivity index (χ0v) is 25.1. The largest absolute Gasteiger partial charge is 0.467 e. The van der Waals surface area contributed by atoms with Gasteiger partial charge < -0.3 is 14.7 Å². The Morgan fingerprint density at radius 1 is 1.02 bits per heavy atom.